The number of carbonyl (C=O) groups is 1. The molecule has 0 radical (unpaired) electrons. The van der Waals surface area contributed by atoms with E-state index in [0.717, 1.165) is 16.6 Å². The number of benzene rings is 1. The van der Waals surface area contributed by atoms with Crippen LogP contribution in [0.15, 0.2) is 67.3 Å². The highest BCUT2D eigenvalue weighted by Gasteiger charge is 2.14. The van der Waals surface area contributed by atoms with Gasteiger partial charge in [-0.3, -0.25) is 14.5 Å². The summed E-state index contributed by atoms with van der Waals surface area (Å²) in [5.74, 6) is -0.155. The number of carbonyl (C=O) groups excluding carboxylic acids is 1. The molecule has 3 heterocycles. The fourth-order valence-electron chi connectivity index (χ4n) is 2.88. The van der Waals surface area contributed by atoms with Gasteiger partial charge >= 0.3 is 0 Å². The van der Waals surface area contributed by atoms with E-state index in [1.165, 1.54) is 5.56 Å². The summed E-state index contributed by atoms with van der Waals surface area (Å²) in [4.78, 5) is 19.9. The summed E-state index contributed by atoms with van der Waals surface area (Å²) in [7, 11) is 0. The van der Waals surface area contributed by atoms with Crippen LogP contribution in [0.5, 0.6) is 0 Å². The minimum atomic E-state index is -0.155. The highest BCUT2D eigenvalue weighted by Crippen LogP contribution is 2.15. The molecule has 1 atom stereocenters. The van der Waals surface area contributed by atoms with Gasteiger partial charge in [0, 0.05) is 24.2 Å². The van der Waals surface area contributed by atoms with E-state index in [1.807, 2.05) is 54.3 Å². The van der Waals surface area contributed by atoms with E-state index >= 15 is 0 Å². The normalized spacial score (nSPS) is 12.2. The van der Waals surface area contributed by atoms with E-state index < -0.39 is 0 Å². The van der Waals surface area contributed by atoms with Crippen LogP contribution in [0.4, 0.5) is 0 Å². The third-order valence-electron chi connectivity index (χ3n) is 4.35. The zero-order valence-corrected chi connectivity index (χ0v) is 14.4. The van der Waals surface area contributed by atoms with Crippen LogP contribution in [0.25, 0.3) is 11.0 Å². The summed E-state index contributed by atoms with van der Waals surface area (Å²) in [6, 6.07) is 13.7. The zero-order chi connectivity index (χ0) is 17.9. The number of H-pyrrole nitrogens is 1. The van der Waals surface area contributed by atoms with Crippen molar-refractivity contribution in [1.82, 2.24) is 25.1 Å². The monoisotopic (exact) mass is 345 g/mol. The first-order chi connectivity index (χ1) is 12.7. The molecule has 0 aliphatic carbocycles. The Morgan fingerprint density at radius 2 is 2.08 bits per heavy atom. The van der Waals surface area contributed by atoms with Crippen LogP contribution in [0.1, 0.15) is 34.5 Å². The van der Waals surface area contributed by atoms with Crippen LogP contribution in [-0.2, 0) is 6.54 Å². The van der Waals surface area contributed by atoms with Gasteiger partial charge < -0.3 is 10.3 Å². The number of aromatic amines is 1. The molecule has 2 N–H and O–H groups in total. The predicted octanol–water partition coefficient (Wildman–Crippen LogP) is 3.30. The fraction of sp³-hybridized carbons (Fsp3) is 0.150. The third-order valence-corrected chi connectivity index (χ3v) is 4.35. The summed E-state index contributed by atoms with van der Waals surface area (Å²) in [6.07, 6.45) is 7.16. The van der Waals surface area contributed by atoms with Gasteiger partial charge in [0.25, 0.3) is 5.91 Å². The topological polar surface area (TPSA) is 75.6 Å². The molecule has 6 nitrogen and oxygen atoms in total. The highest BCUT2D eigenvalue weighted by molar-refractivity contribution is 5.96. The van der Waals surface area contributed by atoms with Crippen molar-refractivity contribution < 1.29 is 4.79 Å². The van der Waals surface area contributed by atoms with Crippen LogP contribution in [0.3, 0.4) is 0 Å². The van der Waals surface area contributed by atoms with Crippen LogP contribution in [0, 0.1) is 0 Å². The van der Waals surface area contributed by atoms with Gasteiger partial charge in [-0.2, -0.15) is 5.10 Å². The lowest BCUT2D eigenvalue weighted by Gasteiger charge is -2.12. The smallest absolute Gasteiger partial charge is 0.253 e. The molecule has 0 bridgehead atoms. The average Bonchev–Trinajstić information content (AvgIpc) is 3.31. The van der Waals surface area contributed by atoms with E-state index in [1.54, 1.807) is 12.4 Å². The summed E-state index contributed by atoms with van der Waals surface area (Å²) >= 11 is 0. The Morgan fingerprint density at radius 3 is 2.92 bits per heavy atom. The molecule has 0 fully saturated rings. The lowest BCUT2D eigenvalue weighted by atomic mass is 10.1. The second-order valence-electron chi connectivity index (χ2n) is 6.29. The molecule has 3 aromatic heterocycles. The lowest BCUT2D eigenvalue weighted by molar-refractivity contribution is 0.0939. The Bertz CT molecular complexity index is 1030. The molecule has 130 valence electrons. The van der Waals surface area contributed by atoms with Crippen molar-refractivity contribution in [2.24, 2.45) is 0 Å². The SMILES string of the molecule is CC(NC(=O)c1cnc2cc[nH]c2c1)c1cnn(Cc2ccccc2)c1. The van der Waals surface area contributed by atoms with Gasteiger partial charge in [-0.1, -0.05) is 30.3 Å². The largest absolute Gasteiger partial charge is 0.360 e. The molecule has 0 aliphatic rings. The lowest BCUT2D eigenvalue weighted by Crippen LogP contribution is -2.26. The molecule has 26 heavy (non-hydrogen) atoms. The number of fused-ring (bicyclic) bond motifs is 1. The number of hydrogen-bond donors (Lipinski definition) is 2. The average molecular weight is 345 g/mol. The summed E-state index contributed by atoms with van der Waals surface area (Å²) in [5.41, 5.74) is 4.37. The Kier molecular flexibility index (Phi) is 4.23. The minimum absolute atomic E-state index is 0.147. The van der Waals surface area contributed by atoms with Crippen molar-refractivity contribution in [3.8, 4) is 0 Å². The molecule has 1 aromatic carbocycles. The molecule has 0 spiro atoms. The molecule has 4 rings (SSSR count). The highest BCUT2D eigenvalue weighted by atomic mass is 16.1. The molecule has 0 aliphatic heterocycles. The van der Waals surface area contributed by atoms with E-state index in [2.05, 4.69) is 32.5 Å². The number of amides is 1. The molecule has 0 saturated heterocycles. The van der Waals surface area contributed by atoms with Crippen LogP contribution in [-0.4, -0.2) is 25.7 Å². The van der Waals surface area contributed by atoms with Crippen molar-refractivity contribution in [2.75, 3.05) is 0 Å². The van der Waals surface area contributed by atoms with Crippen molar-refractivity contribution in [3.63, 3.8) is 0 Å². The van der Waals surface area contributed by atoms with E-state index in [9.17, 15) is 4.79 Å². The zero-order valence-electron chi connectivity index (χ0n) is 14.4. The molecule has 6 heteroatoms. The van der Waals surface area contributed by atoms with Crippen molar-refractivity contribution in [2.45, 2.75) is 19.5 Å². The number of aromatic nitrogens is 4. The third kappa shape index (κ3) is 3.35. The van der Waals surface area contributed by atoms with Crippen molar-refractivity contribution in [3.05, 3.63) is 83.9 Å². The first-order valence-corrected chi connectivity index (χ1v) is 8.49. The summed E-state index contributed by atoms with van der Waals surface area (Å²) in [5, 5.41) is 7.39. The quantitative estimate of drug-likeness (QED) is 0.583. The van der Waals surface area contributed by atoms with Gasteiger partial charge in [0.05, 0.1) is 35.4 Å². The fourth-order valence-corrected chi connectivity index (χ4v) is 2.88. The van der Waals surface area contributed by atoms with Gasteiger partial charge in [0.1, 0.15) is 0 Å². The Labute approximate surface area is 150 Å². The number of nitrogens with zero attached hydrogens (tertiary/aromatic N) is 3. The summed E-state index contributed by atoms with van der Waals surface area (Å²) < 4.78 is 1.87. The number of hydrogen-bond acceptors (Lipinski definition) is 3. The van der Waals surface area contributed by atoms with Gasteiger partial charge in [-0.05, 0) is 24.6 Å². The van der Waals surface area contributed by atoms with Crippen molar-refractivity contribution >= 4 is 16.9 Å². The maximum atomic E-state index is 12.5. The van der Waals surface area contributed by atoms with Crippen molar-refractivity contribution in [1.29, 1.82) is 0 Å². The number of pyridine rings is 1. The van der Waals surface area contributed by atoms with Gasteiger partial charge in [-0.15, -0.1) is 0 Å². The van der Waals surface area contributed by atoms with Crippen LogP contribution >= 0.6 is 0 Å². The molecular weight excluding hydrogens is 326 g/mol. The van der Waals surface area contributed by atoms with Gasteiger partial charge in [0.2, 0.25) is 0 Å². The second-order valence-corrected chi connectivity index (χ2v) is 6.29. The molecule has 4 aromatic rings. The second kappa shape index (κ2) is 6.84. The van der Waals surface area contributed by atoms with Crippen LogP contribution in [0.2, 0.25) is 0 Å². The van der Waals surface area contributed by atoms with Gasteiger partial charge in [-0.25, -0.2) is 0 Å². The Balaban J connectivity index is 1.44. The number of nitrogens with one attached hydrogen (secondary N) is 2. The molecule has 1 unspecified atom stereocenters. The molecule has 1 amide bonds. The van der Waals surface area contributed by atoms with E-state index in [0.29, 0.717) is 12.1 Å². The molecule has 0 saturated carbocycles. The van der Waals surface area contributed by atoms with E-state index in [4.69, 9.17) is 0 Å². The first kappa shape index (κ1) is 16.1. The maximum absolute atomic E-state index is 12.5. The summed E-state index contributed by atoms with van der Waals surface area (Å²) in [6.45, 7) is 2.65. The standard InChI is InChI=1S/C20H19N5O/c1-14(17-11-23-25(13-17)12-15-5-3-2-4-6-15)24-20(26)16-9-19-18(22-10-16)7-8-21-19/h2-11,13-14,21H,12H2,1H3,(H,24,26). The predicted molar refractivity (Wildman–Crippen MR) is 99.7 cm³/mol. The minimum Gasteiger partial charge on any atom is -0.360 e. The Morgan fingerprint density at radius 1 is 1.23 bits per heavy atom. The number of rotatable bonds is 5. The maximum Gasteiger partial charge on any atom is 0.253 e. The Hall–Kier alpha value is -3.41. The molecular formula is C20H19N5O. The van der Waals surface area contributed by atoms with Crippen LogP contribution < -0.4 is 5.32 Å². The first-order valence-electron chi connectivity index (χ1n) is 8.49. The van der Waals surface area contributed by atoms with E-state index in [-0.39, 0.29) is 11.9 Å². The van der Waals surface area contributed by atoms with Gasteiger partial charge in [0.15, 0.2) is 0 Å².